The van der Waals surface area contributed by atoms with E-state index in [1.165, 1.54) is 6.92 Å². The Balaban J connectivity index is 2.21. The van der Waals surface area contributed by atoms with Crippen LogP contribution in [0, 0.1) is 0 Å². The molecule has 1 amide bonds. The average molecular weight is 229 g/mol. The number of nitrogens with zero attached hydrogens (tertiary/aromatic N) is 1. The molecule has 1 aromatic rings. The van der Waals surface area contributed by atoms with E-state index in [1.807, 2.05) is 12.1 Å². The molecule has 3 nitrogen and oxygen atoms in total. The van der Waals surface area contributed by atoms with Crippen molar-refractivity contribution in [3.05, 3.63) is 35.9 Å². The fourth-order valence-electron chi connectivity index (χ4n) is 1.10. The number of benzene rings is 1. The van der Waals surface area contributed by atoms with Crippen molar-refractivity contribution < 1.29 is 11.0 Å². The molecule has 0 aliphatic heterocycles. The van der Waals surface area contributed by atoms with Crippen LogP contribution in [0.2, 0.25) is 0 Å². The van der Waals surface area contributed by atoms with Crippen LogP contribution in [-0.4, -0.2) is 17.1 Å². The molecule has 0 unspecified atom stereocenters. The van der Waals surface area contributed by atoms with E-state index < -0.39 is 0 Å². The Morgan fingerprint density at radius 1 is 1.60 bits per heavy atom. The van der Waals surface area contributed by atoms with E-state index in [2.05, 4.69) is 0 Å². The minimum Gasteiger partial charge on any atom is -0.272 e. The van der Waals surface area contributed by atoms with Crippen molar-refractivity contribution in [1.29, 1.82) is 0 Å². The summed E-state index contributed by atoms with van der Waals surface area (Å²) in [5.41, 5.74) is 1.14. The molecule has 15 heavy (non-hydrogen) atoms. The maximum absolute atomic E-state index is 10.7. The summed E-state index contributed by atoms with van der Waals surface area (Å²) in [6.45, 7) is 1.73. The first-order valence-corrected chi connectivity index (χ1v) is 5.08. The van der Waals surface area contributed by atoms with Gasteiger partial charge in [0, 0.05) is 18.7 Å². The molecule has 0 N–H and O–H groups in total. The number of carbonyl (C=O) groups is 1. The second kappa shape index (κ2) is 6.43. The average Bonchev–Trinajstić information content (AvgIpc) is 2.26. The van der Waals surface area contributed by atoms with Gasteiger partial charge in [0.1, 0.15) is 0 Å². The van der Waals surface area contributed by atoms with Crippen LogP contribution in [0.25, 0.3) is 0 Å². The van der Waals surface area contributed by atoms with Crippen LogP contribution in [-0.2, 0) is 16.1 Å². The number of carbonyl (C=O) groups excluding carboxylic acids is 1. The summed E-state index contributed by atoms with van der Waals surface area (Å²) in [7, 11) is 0. The second-order valence-corrected chi connectivity index (χ2v) is 3.42. The van der Waals surface area contributed by atoms with Crippen molar-refractivity contribution in [3.63, 3.8) is 0 Å². The van der Waals surface area contributed by atoms with Crippen molar-refractivity contribution in [2.24, 2.45) is 0 Å². The number of rotatable bonds is 5. The smallest absolute Gasteiger partial charge is 0.258 e. The van der Waals surface area contributed by atoms with E-state index in [-0.39, 0.29) is 5.91 Å². The molecular formula is C11H14ClNO2. The quantitative estimate of drug-likeness (QED) is 0.440. The lowest BCUT2D eigenvalue weighted by Crippen LogP contribution is -2.19. The molecule has 82 valence electrons. The second-order valence-electron chi connectivity index (χ2n) is 3.11. The van der Waals surface area contributed by atoms with Gasteiger partial charge in [0.05, 0.1) is 7.98 Å². The molecule has 1 aromatic carbocycles. The van der Waals surface area contributed by atoms with Crippen LogP contribution in [0.4, 0.5) is 0 Å². The SMILES string of the molecule is [2H]c1ccc(CCCON(Cl)C(C)=O)cc1. The zero-order valence-corrected chi connectivity index (χ0v) is 9.33. The molecule has 0 aliphatic rings. The number of amides is 1. The van der Waals surface area contributed by atoms with Crippen LogP contribution in [0.1, 0.15) is 20.3 Å². The summed E-state index contributed by atoms with van der Waals surface area (Å²) in [6, 6.07) is 7.82. The van der Waals surface area contributed by atoms with Crippen molar-refractivity contribution in [2.75, 3.05) is 6.61 Å². The first-order chi connectivity index (χ1) is 7.59. The van der Waals surface area contributed by atoms with E-state index in [1.54, 1.807) is 12.1 Å². The Labute approximate surface area is 96.1 Å². The normalized spacial score (nSPS) is 10.9. The lowest BCUT2D eigenvalue weighted by molar-refractivity contribution is -0.156. The van der Waals surface area contributed by atoms with Crippen LogP contribution >= 0.6 is 11.8 Å². The van der Waals surface area contributed by atoms with Gasteiger partial charge < -0.3 is 0 Å². The van der Waals surface area contributed by atoms with E-state index in [0.717, 1.165) is 18.4 Å². The fourth-order valence-corrected chi connectivity index (χ4v) is 1.17. The topological polar surface area (TPSA) is 29.5 Å². The molecule has 1 rings (SSSR count). The zero-order valence-electron chi connectivity index (χ0n) is 9.57. The van der Waals surface area contributed by atoms with Crippen molar-refractivity contribution in [3.8, 4) is 0 Å². The third kappa shape index (κ3) is 4.81. The molecular weight excluding hydrogens is 214 g/mol. The van der Waals surface area contributed by atoms with Gasteiger partial charge in [-0.3, -0.25) is 9.63 Å². The maximum atomic E-state index is 10.7. The van der Waals surface area contributed by atoms with Gasteiger partial charge in [-0.2, -0.15) is 0 Å². The monoisotopic (exact) mass is 228 g/mol. The van der Waals surface area contributed by atoms with Crippen molar-refractivity contribution in [2.45, 2.75) is 19.8 Å². The molecule has 0 aromatic heterocycles. The van der Waals surface area contributed by atoms with Gasteiger partial charge in [0.2, 0.25) is 0 Å². The standard InChI is InChI=1S/C11H14ClNO2/c1-10(14)13(12)15-9-5-8-11-6-3-2-4-7-11/h2-4,6-7H,5,8-9H2,1H3/i2D. The Hall–Kier alpha value is -1.06. The summed E-state index contributed by atoms with van der Waals surface area (Å²) < 4.78 is 8.04. The molecule has 0 saturated heterocycles. The van der Waals surface area contributed by atoms with Gasteiger partial charge in [-0.05, 0) is 18.4 Å². The highest BCUT2D eigenvalue weighted by Gasteiger charge is 2.04. The lowest BCUT2D eigenvalue weighted by atomic mass is 10.1. The number of hydrogen-bond acceptors (Lipinski definition) is 2. The molecule has 4 heteroatoms. The molecule has 0 fully saturated rings. The lowest BCUT2D eigenvalue weighted by Gasteiger charge is -2.10. The molecule has 0 spiro atoms. The Bertz CT molecular complexity index is 342. The summed E-state index contributed by atoms with van der Waals surface area (Å²) in [6.07, 6.45) is 1.61. The number of aryl methyl sites for hydroxylation is 1. The van der Waals surface area contributed by atoms with Gasteiger partial charge in [-0.1, -0.05) is 30.3 Å². The van der Waals surface area contributed by atoms with Gasteiger partial charge in [-0.25, -0.2) is 0 Å². The highest BCUT2D eigenvalue weighted by atomic mass is 35.5. The van der Waals surface area contributed by atoms with Crippen LogP contribution < -0.4 is 0 Å². The third-order valence-corrected chi connectivity index (χ3v) is 2.18. The predicted molar refractivity (Wildman–Crippen MR) is 59.1 cm³/mol. The van der Waals surface area contributed by atoms with E-state index >= 15 is 0 Å². The number of hydrogen-bond donors (Lipinski definition) is 0. The summed E-state index contributed by atoms with van der Waals surface area (Å²) >= 11 is 5.46. The summed E-state index contributed by atoms with van der Waals surface area (Å²) in [4.78, 5) is 15.7. The molecule has 0 radical (unpaired) electrons. The summed E-state index contributed by atoms with van der Waals surface area (Å²) in [5, 5.41) is 0. The summed E-state index contributed by atoms with van der Waals surface area (Å²) in [5.74, 6) is -0.333. The van der Waals surface area contributed by atoms with E-state index in [9.17, 15) is 4.79 Å². The molecule has 0 heterocycles. The van der Waals surface area contributed by atoms with Crippen molar-refractivity contribution >= 4 is 17.7 Å². The predicted octanol–water partition coefficient (Wildman–Crippen LogP) is 2.55. The van der Waals surface area contributed by atoms with E-state index in [4.69, 9.17) is 18.0 Å². The van der Waals surface area contributed by atoms with Gasteiger partial charge in [-0.15, -0.1) is 4.58 Å². The van der Waals surface area contributed by atoms with E-state index in [0.29, 0.717) is 17.2 Å². The molecule has 0 saturated carbocycles. The Kier molecular flexibility index (Phi) is 4.48. The number of halogens is 1. The molecule has 0 atom stereocenters. The molecule has 0 aliphatic carbocycles. The zero-order chi connectivity index (χ0) is 12.0. The molecule has 0 bridgehead atoms. The fraction of sp³-hybridized carbons (Fsp3) is 0.364. The van der Waals surface area contributed by atoms with Crippen LogP contribution in [0.5, 0.6) is 0 Å². The minimum atomic E-state index is -0.333. The van der Waals surface area contributed by atoms with Gasteiger partial charge >= 0.3 is 0 Å². The first kappa shape index (κ1) is 10.5. The van der Waals surface area contributed by atoms with Crippen LogP contribution in [0.3, 0.4) is 0 Å². The van der Waals surface area contributed by atoms with Gasteiger partial charge in [0.15, 0.2) is 0 Å². The van der Waals surface area contributed by atoms with Crippen LogP contribution in [0.15, 0.2) is 30.3 Å². The van der Waals surface area contributed by atoms with Gasteiger partial charge in [0.25, 0.3) is 5.91 Å². The highest BCUT2D eigenvalue weighted by molar-refractivity contribution is 6.19. The highest BCUT2D eigenvalue weighted by Crippen LogP contribution is 2.04. The Morgan fingerprint density at radius 3 is 2.87 bits per heavy atom. The number of hydroxylamine groups is 1. The maximum Gasteiger partial charge on any atom is 0.258 e. The first-order valence-electron chi connectivity index (χ1n) is 5.24. The van der Waals surface area contributed by atoms with Crippen molar-refractivity contribution in [1.82, 2.24) is 4.58 Å². The third-order valence-electron chi connectivity index (χ3n) is 1.85. The minimum absolute atomic E-state index is 0.333. The Morgan fingerprint density at radius 2 is 2.27 bits per heavy atom. The largest absolute Gasteiger partial charge is 0.272 e.